The first kappa shape index (κ1) is 17.2. The Morgan fingerprint density at radius 1 is 1.23 bits per heavy atom. The van der Waals surface area contributed by atoms with Crippen LogP contribution in [0.15, 0.2) is 22.8 Å². The van der Waals surface area contributed by atoms with E-state index in [-0.39, 0.29) is 6.61 Å². The van der Waals surface area contributed by atoms with Crippen molar-refractivity contribution in [3.05, 3.63) is 24.0 Å². The van der Waals surface area contributed by atoms with Gasteiger partial charge in [-0.1, -0.05) is 19.4 Å². The monoisotopic (exact) mass is 386 g/mol. The Kier molecular flexibility index (Phi) is 4.51. The zero-order chi connectivity index (χ0) is 18.3. The molecule has 0 unspecified atom stereocenters. The van der Waals surface area contributed by atoms with Gasteiger partial charge in [-0.3, -0.25) is 0 Å². The van der Waals surface area contributed by atoms with Gasteiger partial charge in [0.25, 0.3) is 0 Å². The molecular formula is C17H18N6OS2. The van der Waals surface area contributed by atoms with Crippen molar-refractivity contribution in [2.75, 3.05) is 5.73 Å². The molecule has 3 heterocycles. The molecule has 0 saturated heterocycles. The first-order chi connectivity index (χ1) is 12.6. The number of hydrogen-bond donors (Lipinski definition) is 3. The molecule has 0 fully saturated rings. The highest BCUT2D eigenvalue weighted by Crippen LogP contribution is 2.36. The number of nitrogens with two attached hydrogens (primary N) is 1. The zero-order valence-electron chi connectivity index (χ0n) is 14.2. The van der Waals surface area contributed by atoms with Crippen LogP contribution in [0.1, 0.15) is 25.3 Å². The number of aliphatic hydroxyl groups excluding tert-OH is 1. The van der Waals surface area contributed by atoms with Gasteiger partial charge in [0, 0.05) is 12.1 Å². The molecular weight excluding hydrogens is 368 g/mol. The number of hydrogen-bond acceptors (Lipinski definition) is 8. The summed E-state index contributed by atoms with van der Waals surface area (Å²) in [5, 5.41) is 9.63. The summed E-state index contributed by atoms with van der Waals surface area (Å²) in [6.45, 7) is 2.88. The number of aromatic nitrogens is 5. The summed E-state index contributed by atoms with van der Waals surface area (Å²) >= 11 is 5.84. The van der Waals surface area contributed by atoms with Crippen LogP contribution in [0, 0.1) is 0 Å². The van der Waals surface area contributed by atoms with Crippen LogP contribution in [0.2, 0.25) is 0 Å². The van der Waals surface area contributed by atoms with E-state index in [4.69, 9.17) is 10.7 Å². The number of aryl methyl sites for hydroxylation is 1. The number of benzene rings is 1. The SMILES string of the molecule is CCCCn1c(-c2ccc(CO)c3sc(S)nc23)nc2c(N)ncnc21. The standard InChI is InChI=1S/C17H18N6OS2/c1-2-3-6-23-15(21-12-14(18)19-8-20-16(12)23)10-5-4-9(7-24)13-11(10)22-17(25)26-13/h4-5,8,24H,2-3,6-7H2,1H3,(H,22,25)(H2,18,19,20). The molecule has 0 spiro atoms. The molecule has 0 aliphatic rings. The van der Waals surface area contributed by atoms with Gasteiger partial charge in [-0.05, 0) is 18.1 Å². The van der Waals surface area contributed by atoms with Crippen molar-refractivity contribution in [1.29, 1.82) is 0 Å². The van der Waals surface area contributed by atoms with E-state index in [2.05, 4.69) is 39.1 Å². The lowest BCUT2D eigenvalue weighted by Crippen LogP contribution is -2.03. The molecule has 0 saturated carbocycles. The number of aliphatic hydroxyl groups is 1. The molecule has 134 valence electrons. The number of nitrogens with zero attached hydrogens (tertiary/aromatic N) is 5. The Morgan fingerprint density at radius 2 is 2.08 bits per heavy atom. The van der Waals surface area contributed by atoms with Gasteiger partial charge in [-0.25, -0.2) is 19.9 Å². The molecule has 4 rings (SSSR count). The number of anilines is 1. The molecule has 1 aromatic carbocycles. The number of thiol groups is 1. The summed E-state index contributed by atoms with van der Waals surface area (Å²) < 4.78 is 3.64. The molecule has 0 aliphatic heterocycles. The second-order valence-electron chi connectivity index (χ2n) is 5.98. The fourth-order valence-electron chi connectivity index (χ4n) is 3.04. The smallest absolute Gasteiger partial charge is 0.165 e. The number of thiazole rings is 1. The second kappa shape index (κ2) is 6.82. The Balaban J connectivity index is 2.02. The quantitative estimate of drug-likeness (QED) is 0.455. The molecule has 4 aromatic rings. The van der Waals surface area contributed by atoms with Crippen LogP contribution in [0.5, 0.6) is 0 Å². The fraction of sp³-hybridized carbons (Fsp3) is 0.294. The third kappa shape index (κ3) is 2.72. The van der Waals surface area contributed by atoms with Crippen LogP contribution in [0.25, 0.3) is 32.8 Å². The number of fused-ring (bicyclic) bond motifs is 2. The van der Waals surface area contributed by atoms with Gasteiger partial charge in [0.1, 0.15) is 16.5 Å². The lowest BCUT2D eigenvalue weighted by atomic mass is 10.1. The van der Waals surface area contributed by atoms with Crippen LogP contribution in [-0.2, 0) is 13.2 Å². The maximum atomic E-state index is 9.63. The average molecular weight is 387 g/mol. The normalized spacial score (nSPS) is 11.7. The van der Waals surface area contributed by atoms with E-state index in [0.717, 1.165) is 52.2 Å². The van der Waals surface area contributed by atoms with Gasteiger partial charge in [0.2, 0.25) is 0 Å². The van der Waals surface area contributed by atoms with Crippen LogP contribution in [0.4, 0.5) is 5.82 Å². The van der Waals surface area contributed by atoms with Crippen molar-refractivity contribution in [2.24, 2.45) is 0 Å². The summed E-state index contributed by atoms with van der Waals surface area (Å²) in [6.07, 6.45) is 3.51. The largest absolute Gasteiger partial charge is 0.392 e. The van der Waals surface area contributed by atoms with Gasteiger partial charge in [0.05, 0.1) is 16.8 Å². The van der Waals surface area contributed by atoms with E-state index in [1.165, 1.54) is 17.7 Å². The minimum atomic E-state index is -0.0448. The van der Waals surface area contributed by atoms with E-state index >= 15 is 0 Å². The highest BCUT2D eigenvalue weighted by atomic mass is 32.2. The van der Waals surface area contributed by atoms with Crippen molar-refractivity contribution in [2.45, 2.75) is 37.3 Å². The van der Waals surface area contributed by atoms with Gasteiger partial charge >= 0.3 is 0 Å². The van der Waals surface area contributed by atoms with Crippen molar-refractivity contribution in [3.63, 3.8) is 0 Å². The maximum Gasteiger partial charge on any atom is 0.165 e. The molecule has 26 heavy (non-hydrogen) atoms. The summed E-state index contributed by atoms with van der Waals surface area (Å²) in [5.74, 6) is 1.12. The molecule has 0 aliphatic carbocycles. The molecule has 0 radical (unpaired) electrons. The van der Waals surface area contributed by atoms with Crippen LogP contribution in [-0.4, -0.2) is 29.6 Å². The average Bonchev–Trinajstić information content (AvgIpc) is 3.20. The Bertz CT molecular complexity index is 1100. The predicted molar refractivity (Wildman–Crippen MR) is 106 cm³/mol. The van der Waals surface area contributed by atoms with Crippen molar-refractivity contribution in [1.82, 2.24) is 24.5 Å². The fourth-order valence-corrected chi connectivity index (χ4v) is 4.25. The number of imidazole rings is 1. The predicted octanol–water partition coefficient (Wildman–Crippen LogP) is 3.27. The topological polar surface area (TPSA) is 103 Å². The van der Waals surface area contributed by atoms with Gasteiger partial charge in [-0.2, -0.15) is 0 Å². The van der Waals surface area contributed by atoms with E-state index < -0.39 is 0 Å². The molecule has 3 aromatic heterocycles. The minimum absolute atomic E-state index is 0.0448. The van der Waals surface area contributed by atoms with E-state index in [0.29, 0.717) is 15.7 Å². The lowest BCUT2D eigenvalue weighted by Gasteiger charge is -2.09. The molecule has 9 heteroatoms. The first-order valence-electron chi connectivity index (χ1n) is 8.33. The number of unbranched alkanes of at least 4 members (excludes halogenated alkanes) is 1. The molecule has 0 atom stereocenters. The summed E-state index contributed by atoms with van der Waals surface area (Å²) in [7, 11) is 0. The third-order valence-corrected chi connectivity index (χ3v) is 5.63. The van der Waals surface area contributed by atoms with Crippen LogP contribution < -0.4 is 5.73 Å². The summed E-state index contributed by atoms with van der Waals surface area (Å²) in [5.41, 5.74) is 9.83. The van der Waals surface area contributed by atoms with Crippen molar-refractivity contribution >= 4 is 51.2 Å². The minimum Gasteiger partial charge on any atom is -0.392 e. The number of rotatable bonds is 5. The highest BCUT2D eigenvalue weighted by molar-refractivity contribution is 7.82. The molecule has 0 bridgehead atoms. The first-order valence-corrected chi connectivity index (χ1v) is 9.59. The van der Waals surface area contributed by atoms with Gasteiger partial charge in [0.15, 0.2) is 17.0 Å². The zero-order valence-corrected chi connectivity index (χ0v) is 15.9. The van der Waals surface area contributed by atoms with Gasteiger partial charge in [-0.15, -0.1) is 24.0 Å². The molecule has 7 nitrogen and oxygen atoms in total. The Hall–Kier alpha value is -2.23. The van der Waals surface area contributed by atoms with Crippen LogP contribution in [0.3, 0.4) is 0 Å². The highest BCUT2D eigenvalue weighted by Gasteiger charge is 2.20. The molecule has 0 amide bonds. The maximum absolute atomic E-state index is 9.63. The van der Waals surface area contributed by atoms with Crippen molar-refractivity contribution < 1.29 is 5.11 Å². The summed E-state index contributed by atoms with van der Waals surface area (Å²) in [4.78, 5) is 17.8. The van der Waals surface area contributed by atoms with E-state index in [1.54, 1.807) is 0 Å². The summed E-state index contributed by atoms with van der Waals surface area (Å²) in [6, 6.07) is 3.84. The lowest BCUT2D eigenvalue weighted by molar-refractivity contribution is 0.283. The van der Waals surface area contributed by atoms with Gasteiger partial charge < -0.3 is 15.4 Å². The van der Waals surface area contributed by atoms with E-state index in [1.807, 2.05) is 12.1 Å². The van der Waals surface area contributed by atoms with E-state index in [9.17, 15) is 5.11 Å². The van der Waals surface area contributed by atoms with Crippen LogP contribution >= 0.6 is 24.0 Å². The third-order valence-electron chi connectivity index (χ3n) is 4.32. The molecule has 3 N–H and O–H groups in total. The Morgan fingerprint density at radius 3 is 2.85 bits per heavy atom. The Labute approximate surface area is 159 Å². The number of nitrogen functional groups attached to an aromatic ring is 1. The second-order valence-corrected chi connectivity index (χ2v) is 7.70. The van der Waals surface area contributed by atoms with Crippen molar-refractivity contribution in [3.8, 4) is 11.4 Å².